The molecule has 2 rings (SSSR count). The SMILES string of the molecule is N#CC1=CC=CCN1c1ccccn1. The first kappa shape index (κ1) is 8.52. The Hall–Kier alpha value is -2.08. The number of aromatic nitrogens is 1. The highest BCUT2D eigenvalue weighted by Gasteiger charge is 2.12. The fraction of sp³-hybridized carbons (Fsp3) is 0.0909. The third-order valence-corrected chi connectivity index (χ3v) is 2.01. The Balaban J connectivity index is 2.33. The van der Waals surface area contributed by atoms with Gasteiger partial charge in [0.05, 0.1) is 0 Å². The van der Waals surface area contributed by atoms with Gasteiger partial charge in [0.2, 0.25) is 0 Å². The number of hydrogen-bond acceptors (Lipinski definition) is 3. The van der Waals surface area contributed by atoms with E-state index in [2.05, 4.69) is 11.1 Å². The molecular weight excluding hydrogens is 174 g/mol. The van der Waals surface area contributed by atoms with Crippen LogP contribution in [0.4, 0.5) is 5.82 Å². The average Bonchev–Trinajstić information content (AvgIpc) is 2.30. The van der Waals surface area contributed by atoms with Gasteiger partial charge in [0.15, 0.2) is 0 Å². The van der Waals surface area contributed by atoms with Crippen LogP contribution in [-0.4, -0.2) is 11.5 Å². The van der Waals surface area contributed by atoms with Gasteiger partial charge in [-0.05, 0) is 18.2 Å². The lowest BCUT2D eigenvalue weighted by molar-refractivity contribution is 0.990. The molecule has 68 valence electrons. The average molecular weight is 183 g/mol. The van der Waals surface area contributed by atoms with Gasteiger partial charge in [0.25, 0.3) is 0 Å². The number of nitrogens with zero attached hydrogens (tertiary/aromatic N) is 3. The molecule has 0 saturated heterocycles. The smallest absolute Gasteiger partial charge is 0.133 e. The Labute approximate surface area is 82.6 Å². The van der Waals surface area contributed by atoms with Gasteiger partial charge in [-0.1, -0.05) is 18.2 Å². The first-order valence-electron chi connectivity index (χ1n) is 4.37. The standard InChI is InChI=1S/C11H9N3/c12-9-10-5-2-4-8-14(10)11-6-1-3-7-13-11/h1-7H,8H2. The van der Waals surface area contributed by atoms with Crippen LogP contribution in [0.25, 0.3) is 0 Å². The molecule has 1 aliphatic rings. The number of pyridine rings is 1. The Morgan fingerprint density at radius 2 is 2.36 bits per heavy atom. The van der Waals surface area contributed by atoms with Gasteiger partial charge < -0.3 is 4.90 Å². The zero-order chi connectivity index (χ0) is 9.80. The maximum absolute atomic E-state index is 8.90. The summed E-state index contributed by atoms with van der Waals surface area (Å²) in [5.74, 6) is 0.810. The molecule has 0 radical (unpaired) electrons. The lowest BCUT2D eigenvalue weighted by Crippen LogP contribution is -2.24. The van der Waals surface area contributed by atoms with Crippen molar-refractivity contribution in [3.05, 3.63) is 48.3 Å². The molecule has 0 aromatic carbocycles. The Morgan fingerprint density at radius 3 is 3.07 bits per heavy atom. The summed E-state index contributed by atoms with van der Waals surface area (Å²) in [5, 5.41) is 8.90. The topological polar surface area (TPSA) is 39.9 Å². The van der Waals surface area contributed by atoms with Crippen LogP contribution in [0.2, 0.25) is 0 Å². The molecule has 0 aliphatic carbocycles. The summed E-state index contributed by atoms with van der Waals surface area (Å²) in [6, 6.07) is 7.81. The minimum atomic E-state index is 0.631. The summed E-state index contributed by atoms with van der Waals surface area (Å²) in [6.07, 6.45) is 7.40. The van der Waals surface area contributed by atoms with Crippen molar-refractivity contribution in [3.63, 3.8) is 0 Å². The molecule has 0 bridgehead atoms. The predicted molar refractivity (Wildman–Crippen MR) is 54.4 cm³/mol. The van der Waals surface area contributed by atoms with Gasteiger partial charge in [0, 0.05) is 12.7 Å². The maximum atomic E-state index is 8.90. The number of hydrogen-bond donors (Lipinski definition) is 0. The van der Waals surface area contributed by atoms with Crippen molar-refractivity contribution >= 4 is 5.82 Å². The maximum Gasteiger partial charge on any atom is 0.133 e. The molecule has 1 aliphatic heterocycles. The molecule has 3 nitrogen and oxygen atoms in total. The molecule has 3 heteroatoms. The van der Waals surface area contributed by atoms with Gasteiger partial charge in [0.1, 0.15) is 17.6 Å². The monoisotopic (exact) mass is 183 g/mol. The Bertz CT molecular complexity index is 412. The minimum absolute atomic E-state index is 0.631. The lowest BCUT2D eigenvalue weighted by atomic mass is 10.2. The second-order valence-electron chi connectivity index (χ2n) is 2.89. The van der Waals surface area contributed by atoms with Crippen LogP contribution in [0.3, 0.4) is 0 Å². The minimum Gasteiger partial charge on any atom is -0.314 e. The van der Waals surface area contributed by atoms with Crippen molar-refractivity contribution in [2.75, 3.05) is 11.4 Å². The summed E-state index contributed by atoms with van der Waals surface area (Å²) >= 11 is 0. The fourth-order valence-corrected chi connectivity index (χ4v) is 1.34. The predicted octanol–water partition coefficient (Wildman–Crippen LogP) is 1.87. The van der Waals surface area contributed by atoms with Crippen LogP contribution in [0, 0.1) is 11.3 Å². The zero-order valence-corrected chi connectivity index (χ0v) is 7.59. The van der Waals surface area contributed by atoms with E-state index in [0.29, 0.717) is 12.2 Å². The van der Waals surface area contributed by atoms with Crippen molar-refractivity contribution in [2.45, 2.75) is 0 Å². The van der Waals surface area contributed by atoms with E-state index in [0.717, 1.165) is 5.82 Å². The van der Waals surface area contributed by atoms with E-state index in [-0.39, 0.29) is 0 Å². The molecule has 14 heavy (non-hydrogen) atoms. The van der Waals surface area contributed by atoms with Gasteiger partial charge in [-0.25, -0.2) is 4.98 Å². The Morgan fingerprint density at radius 1 is 1.43 bits per heavy atom. The van der Waals surface area contributed by atoms with E-state index in [9.17, 15) is 0 Å². The third kappa shape index (κ3) is 1.50. The molecule has 0 saturated carbocycles. The molecule has 1 aromatic heterocycles. The van der Waals surface area contributed by atoms with Crippen LogP contribution in [0.5, 0.6) is 0 Å². The highest BCUT2D eigenvalue weighted by atomic mass is 15.2. The highest BCUT2D eigenvalue weighted by Crippen LogP contribution is 2.17. The molecule has 2 heterocycles. The van der Waals surface area contributed by atoms with Crippen molar-refractivity contribution in [1.82, 2.24) is 4.98 Å². The van der Waals surface area contributed by atoms with Crippen LogP contribution in [0.15, 0.2) is 48.3 Å². The molecule has 0 fully saturated rings. The van der Waals surface area contributed by atoms with Gasteiger partial charge in [-0.2, -0.15) is 5.26 Å². The molecule has 0 atom stereocenters. The van der Waals surface area contributed by atoms with Crippen LogP contribution in [-0.2, 0) is 0 Å². The fourth-order valence-electron chi connectivity index (χ4n) is 1.34. The van der Waals surface area contributed by atoms with Crippen molar-refractivity contribution in [3.8, 4) is 6.07 Å². The van der Waals surface area contributed by atoms with E-state index in [1.54, 1.807) is 12.3 Å². The second-order valence-corrected chi connectivity index (χ2v) is 2.89. The summed E-state index contributed by atoms with van der Waals surface area (Å²) in [7, 11) is 0. The van der Waals surface area contributed by atoms with Crippen LogP contribution < -0.4 is 4.90 Å². The number of rotatable bonds is 1. The zero-order valence-electron chi connectivity index (χ0n) is 7.59. The van der Waals surface area contributed by atoms with E-state index in [4.69, 9.17) is 5.26 Å². The summed E-state index contributed by atoms with van der Waals surface area (Å²) in [4.78, 5) is 6.08. The van der Waals surface area contributed by atoms with Crippen molar-refractivity contribution in [1.29, 1.82) is 5.26 Å². The summed E-state index contributed by atoms with van der Waals surface area (Å²) < 4.78 is 0. The molecular formula is C11H9N3. The molecule has 0 unspecified atom stereocenters. The first-order valence-corrected chi connectivity index (χ1v) is 4.37. The third-order valence-electron chi connectivity index (χ3n) is 2.01. The number of allylic oxidation sites excluding steroid dienone is 3. The van der Waals surface area contributed by atoms with E-state index in [1.807, 2.05) is 35.3 Å². The quantitative estimate of drug-likeness (QED) is 0.667. The Kier molecular flexibility index (Phi) is 2.28. The molecule has 0 amide bonds. The second kappa shape index (κ2) is 3.75. The summed E-state index contributed by atoms with van der Waals surface area (Å²) in [6.45, 7) is 0.705. The van der Waals surface area contributed by atoms with Gasteiger partial charge in [-0.3, -0.25) is 0 Å². The van der Waals surface area contributed by atoms with Crippen molar-refractivity contribution in [2.24, 2.45) is 0 Å². The summed E-state index contributed by atoms with van der Waals surface area (Å²) in [5.41, 5.74) is 0.631. The number of anilines is 1. The van der Waals surface area contributed by atoms with E-state index >= 15 is 0 Å². The van der Waals surface area contributed by atoms with Crippen LogP contribution in [0.1, 0.15) is 0 Å². The normalized spacial score (nSPS) is 14.8. The molecule has 0 spiro atoms. The van der Waals surface area contributed by atoms with Gasteiger partial charge >= 0.3 is 0 Å². The van der Waals surface area contributed by atoms with E-state index < -0.39 is 0 Å². The van der Waals surface area contributed by atoms with Crippen LogP contribution >= 0.6 is 0 Å². The molecule has 0 N–H and O–H groups in total. The highest BCUT2D eigenvalue weighted by molar-refractivity contribution is 5.53. The largest absolute Gasteiger partial charge is 0.314 e. The lowest BCUT2D eigenvalue weighted by Gasteiger charge is -2.22. The first-order chi connectivity index (χ1) is 6.92. The van der Waals surface area contributed by atoms with Crippen molar-refractivity contribution < 1.29 is 0 Å². The number of nitriles is 1. The van der Waals surface area contributed by atoms with E-state index in [1.165, 1.54) is 0 Å². The van der Waals surface area contributed by atoms with Gasteiger partial charge in [-0.15, -0.1) is 0 Å². The molecule has 1 aromatic rings.